The van der Waals surface area contributed by atoms with Gasteiger partial charge in [-0.3, -0.25) is 9.48 Å². The van der Waals surface area contributed by atoms with E-state index in [1.807, 2.05) is 37.5 Å². The second kappa shape index (κ2) is 8.08. The van der Waals surface area contributed by atoms with Crippen molar-refractivity contribution in [1.29, 1.82) is 0 Å². The highest BCUT2D eigenvalue weighted by atomic mass is 35.5. The SMILES string of the molecule is Cn1cc(-c2cccc(CNc3cnn(-c4ccc(F)cc4F)c(=O)c3Cl)c2)cn1. The first-order valence-electron chi connectivity index (χ1n) is 8.97. The lowest BCUT2D eigenvalue weighted by atomic mass is 10.1. The Labute approximate surface area is 175 Å². The molecule has 2 aromatic heterocycles. The molecule has 4 aromatic rings. The van der Waals surface area contributed by atoms with Crippen molar-refractivity contribution in [2.24, 2.45) is 7.05 Å². The van der Waals surface area contributed by atoms with Gasteiger partial charge in [0.1, 0.15) is 16.5 Å². The van der Waals surface area contributed by atoms with E-state index >= 15 is 0 Å². The molecule has 0 spiro atoms. The van der Waals surface area contributed by atoms with Crippen LogP contribution in [0.15, 0.2) is 65.8 Å². The topological polar surface area (TPSA) is 64.7 Å². The van der Waals surface area contributed by atoms with Crippen molar-refractivity contribution in [3.63, 3.8) is 0 Å². The molecule has 0 aliphatic carbocycles. The van der Waals surface area contributed by atoms with Gasteiger partial charge in [0.2, 0.25) is 0 Å². The molecule has 1 N–H and O–H groups in total. The Balaban J connectivity index is 1.56. The van der Waals surface area contributed by atoms with Crippen LogP contribution in [-0.2, 0) is 13.6 Å². The average Bonchev–Trinajstić information content (AvgIpc) is 3.16. The lowest BCUT2D eigenvalue weighted by Crippen LogP contribution is -2.23. The fourth-order valence-corrected chi connectivity index (χ4v) is 3.20. The summed E-state index contributed by atoms with van der Waals surface area (Å²) < 4.78 is 29.6. The maximum absolute atomic E-state index is 14.0. The summed E-state index contributed by atoms with van der Waals surface area (Å²) in [6.07, 6.45) is 5.03. The zero-order valence-corrected chi connectivity index (χ0v) is 16.6. The predicted molar refractivity (Wildman–Crippen MR) is 111 cm³/mol. The van der Waals surface area contributed by atoms with Gasteiger partial charge in [0.05, 0.1) is 18.1 Å². The number of benzene rings is 2. The molecule has 30 heavy (non-hydrogen) atoms. The minimum atomic E-state index is -0.909. The van der Waals surface area contributed by atoms with Crippen LogP contribution in [0.5, 0.6) is 0 Å². The van der Waals surface area contributed by atoms with E-state index in [2.05, 4.69) is 15.5 Å². The summed E-state index contributed by atoms with van der Waals surface area (Å²) in [4.78, 5) is 12.5. The van der Waals surface area contributed by atoms with Gasteiger partial charge in [-0.25, -0.2) is 8.78 Å². The number of halogens is 3. The standard InChI is InChI=1S/C21H16ClF2N5O/c1-28-12-15(10-26-28)14-4-2-3-13(7-14)9-25-18-11-27-29(21(30)20(18)22)19-6-5-16(23)8-17(19)24/h2-8,10-12,25H,9H2,1H3. The number of nitrogens with zero attached hydrogens (tertiary/aromatic N) is 4. The predicted octanol–water partition coefficient (Wildman–Crippen LogP) is 4.18. The highest BCUT2D eigenvalue weighted by Crippen LogP contribution is 2.22. The van der Waals surface area contributed by atoms with Crippen LogP contribution in [0.1, 0.15) is 5.56 Å². The van der Waals surface area contributed by atoms with Gasteiger partial charge in [0.25, 0.3) is 5.56 Å². The van der Waals surface area contributed by atoms with E-state index in [4.69, 9.17) is 11.6 Å². The lowest BCUT2D eigenvalue weighted by molar-refractivity contribution is 0.571. The molecule has 0 aliphatic rings. The highest BCUT2D eigenvalue weighted by molar-refractivity contribution is 6.32. The lowest BCUT2D eigenvalue weighted by Gasteiger charge is -2.11. The Morgan fingerprint density at radius 3 is 2.63 bits per heavy atom. The Hall–Kier alpha value is -3.52. The second-order valence-electron chi connectivity index (χ2n) is 6.64. The molecule has 0 saturated heterocycles. The fraction of sp³-hybridized carbons (Fsp3) is 0.0952. The van der Waals surface area contributed by atoms with Crippen LogP contribution in [0.3, 0.4) is 0 Å². The van der Waals surface area contributed by atoms with Crippen LogP contribution >= 0.6 is 11.6 Å². The molecule has 152 valence electrons. The van der Waals surface area contributed by atoms with Crippen LogP contribution in [-0.4, -0.2) is 19.6 Å². The van der Waals surface area contributed by atoms with E-state index in [0.717, 1.165) is 33.5 Å². The van der Waals surface area contributed by atoms with Crippen molar-refractivity contribution in [3.05, 3.63) is 93.6 Å². The van der Waals surface area contributed by atoms with Gasteiger partial charge in [-0.05, 0) is 29.3 Å². The van der Waals surface area contributed by atoms with Crippen LogP contribution in [0.2, 0.25) is 5.02 Å². The molecule has 2 aromatic carbocycles. The largest absolute Gasteiger partial charge is 0.378 e. The molecule has 0 radical (unpaired) electrons. The molecule has 0 amide bonds. The average molecular weight is 428 g/mol. The van der Waals surface area contributed by atoms with Gasteiger partial charge in [-0.15, -0.1) is 0 Å². The Morgan fingerprint density at radius 1 is 1.07 bits per heavy atom. The fourth-order valence-electron chi connectivity index (χ4n) is 3.01. The van der Waals surface area contributed by atoms with Crippen molar-refractivity contribution in [3.8, 4) is 16.8 Å². The van der Waals surface area contributed by atoms with Crippen molar-refractivity contribution < 1.29 is 8.78 Å². The van der Waals surface area contributed by atoms with Gasteiger partial charge in [0, 0.05) is 31.4 Å². The number of rotatable bonds is 5. The summed E-state index contributed by atoms with van der Waals surface area (Å²) in [7, 11) is 1.85. The third-order valence-corrected chi connectivity index (χ3v) is 4.87. The van der Waals surface area contributed by atoms with Crippen molar-refractivity contribution >= 4 is 17.3 Å². The summed E-state index contributed by atoms with van der Waals surface area (Å²) in [5, 5.41) is 11.1. The summed E-state index contributed by atoms with van der Waals surface area (Å²) in [5.74, 6) is -1.66. The molecule has 0 bridgehead atoms. The molecule has 4 rings (SSSR count). The van der Waals surface area contributed by atoms with Crippen molar-refractivity contribution in [2.75, 3.05) is 5.32 Å². The molecule has 0 aliphatic heterocycles. The first kappa shape index (κ1) is 19.8. The molecule has 0 atom stereocenters. The zero-order valence-electron chi connectivity index (χ0n) is 15.8. The maximum Gasteiger partial charge on any atom is 0.292 e. The zero-order chi connectivity index (χ0) is 21.3. The smallest absolute Gasteiger partial charge is 0.292 e. The van der Waals surface area contributed by atoms with E-state index in [1.54, 1.807) is 10.9 Å². The third-order valence-electron chi connectivity index (χ3n) is 4.50. The summed E-state index contributed by atoms with van der Waals surface area (Å²) >= 11 is 6.18. The van der Waals surface area contributed by atoms with Crippen LogP contribution in [0.4, 0.5) is 14.5 Å². The summed E-state index contributed by atoms with van der Waals surface area (Å²) in [6, 6.07) is 10.7. The number of hydrogen-bond acceptors (Lipinski definition) is 4. The second-order valence-corrected chi connectivity index (χ2v) is 7.02. The molecule has 0 saturated carbocycles. The van der Waals surface area contributed by atoms with Crippen molar-refractivity contribution in [2.45, 2.75) is 6.54 Å². The van der Waals surface area contributed by atoms with Gasteiger partial charge >= 0.3 is 0 Å². The molecule has 2 heterocycles. The molecular formula is C21H16ClF2N5O. The number of aryl methyl sites for hydroxylation is 1. The van der Waals surface area contributed by atoms with E-state index in [-0.39, 0.29) is 10.7 Å². The van der Waals surface area contributed by atoms with Gasteiger partial charge in [-0.1, -0.05) is 29.8 Å². The quantitative estimate of drug-likeness (QED) is 0.519. The van der Waals surface area contributed by atoms with Gasteiger partial charge in [0.15, 0.2) is 5.82 Å². The summed E-state index contributed by atoms with van der Waals surface area (Å²) in [6.45, 7) is 0.393. The maximum atomic E-state index is 14.0. The summed E-state index contributed by atoms with van der Waals surface area (Å²) in [5.41, 5.74) is 2.38. The Morgan fingerprint density at radius 2 is 1.90 bits per heavy atom. The normalized spacial score (nSPS) is 10.9. The van der Waals surface area contributed by atoms with E-state index in [0.29, 0.717) is 18.3 Å². The number of nitrogens with one attached hydrogen (secondary N) is 1. The number of aromatic nitrogens is 4. The van der Waals surface area contributed by atoms with Crippen LogP contribution in [0, 0.1) is 11.6 Å². The minimum absolute atomic E-state index is 0.142. The molecule has 6 nitrogen and oxygen atoms in total. The highest BCUT2D eigenvalue weighted by Gasteiger charge is 2.14. The minimum Gasteiger partial charge on any atom is -0.378 e. The van der Waals surface area contributed by atoms with Crippen LogP contribution < -0.4 is 10.9 Å². The molecule has 9 heteroatoms. The van der Waals surface area contributed by atoms with E-state index in [9.17, 15) is 13.6 Å². The number of hydrogen-bond donors (Lipinski definition) is 1. The molecule has 0 unspecified atom stereocenters. The van der Waals surface area contributed by atoms with E-state index in [1.165, 1.54) is 6.20 Å². The Bertz CT molecular complexity index is 1280. The third kappa shape index (κ3) is 3.95. The first-order valence-corrected chi connectivity index (χ1v) is 9.35. The molecule has 0 fully saturated rings. The number of anilines is 1. The van der Waals surface area contributed by atoms with Gasteiger partial charge < -0.3 is 5.32 Å². The van der Waals surface area contributed by atoms with Crippen LogP contribution in [0.25, 0.3) is 16.8 Å². The monoisotopic (exact) mass is 427 g/mol. The van der Waals surface area contributed by atoms with Crippen molar-refractivity contribution in [1.82, 2.24) is 19.6 Å². The molecular weight excluding hydrogens is 412 g/mol. The Kier molecular flexibility index (Phi) is 5.33. The van der Waals surface area contributed by atoms with E-state index < -0.39 is 17.2 Å². The van der Waals surface area contributed by atoms with Gasteiger partial charge in [-0.2, -0.15) is 14.9 Å². The first-order chi connectivity index (χ1) is 14.4.